The smallest absolute Gasteiger partial charge is 0.234 e. The Kier molecular flexibility index (Phi) is 6.24. The average Bonchev–Trinajstić information content (AvgIpc) is 2.79. The van der Waals surface area contributed by atoms with Gasteiger partial charge in [0.05, 0.1) is 12.6 Å². The number of fused-ring (bicyclic) bond motifs is 1. The number of carbonyl (C=O) groups is 2. The minimum atomic E-state index is -0.0548. The number of rotatable bonds is 6. The first-order valence-corrected chi connectivity index (χ1v) is 10.7. The van der Waals surface area contributed by atoms with Crippen LogP contribution in [0.25, 0.3) is 10.8 Å². The third kappa shape index (κ3) is 4.60. The number of ketones is 1. The molecule has 1 saturated heterocycles. The van der Waals surface area contributed by atoms with Crippen molar-refractivity contribution in [3.05, 3.63) is 83.9 Å². The van der Waals surface area contributed by atoms with Crippen molar-refractivity contribution in [3.63, 3.8) is 0 Å². The van der Waals surface area contributed by atoms with Gasteiger partial charge in [-0.15, -0.1) is 0 Å². The molecule has 1 aliphatic rings. The molecule has 1 heterocycles. The van der Waals surface area contributed by atoms with E-state index in [-0.39, 0.29) is 23.7 Å². The zero-order valence-electron chi connectivity index (χ0n) is 17.4. The van der Waals surface area contributed by atoms with Gasteiger partial charge in [-0.2, -0.15) is 0 Å². The average molecular weight is 401 g/mol. The van der Waals surface area contributed by atoms with Gasteiger partial charge in [-0.3, -0.25) is 14.5 Å². The van der Waals surface area contributed by atoms with Gasteiger partial charge in [0.15, 0.2) is 5.78 Å². The van der Waals surface area contributed by atoms with Gasteiger partial charge in [-0.25, -0.2) is 0 Å². The van der Waals surface area contributed by atoms with E-state index in [2.05, 4.69) is 34.5 Å². The zero-order chi connectivity index (χ0) is 20.9. The molecule has 0 radical (unpaired) electrons. The SMILES string of the molecule is CC(NC(=O)CN1CCC(C(=O)c2ccccc2)CC1)c1cccc2ccccc12. The first-order valence-electron chi connectivity index (χ1n) is 10.7. The van der Waals surface area contributed by atoms with Crippen molar-refractivity contribution in [1.82, 2.24) is 10.2 Å². The van der Waals surface area contributed by atoms with Crippen LogP contribution in [0.2, 0.25) is 0 Å². The van der Waals surface area contributed by atoms with Crippen LogP contribution in [0.15, 0.2) is 72.8 Å². The summed E-state index contributed by atoms with van der Waals surface area (Å²) in [5.74, 6) is 0.314. The van der Waals surface area contributed by atoms with Crippen LogP contribution in [0.3, 0.4) is 0 Å². The predicted octanol–water partition coefficient (Wildman–Crippen LogP) is 4.61. The Bertz CT molecular complexity index is 1020. The molecule has 30 heavy (non-hydrogen) atoms. The number of carbonyl (C=O) groups excluding carboxylic acids is 2. The van der Waals surface area contributed by atoms with Crippen LogP contribution in [-0.2, 0) is 4.79 Å². The van der Waals surface area contributed by atoms with E-state index >= 15 is 0 Å². The minimum Gasteiger partial charge on any atom is -0.348 e. The van der Waals surface area contributed by atoms with Gasteiger partial charge < -0.3 is 5.32 Å². The molecule has 1 aliphatic heterocycles. The molecule has 3 aromatic carbocycles. The van der Waals surface area contributed by atoms with Crippen LogP contribution < -0.4 is 5.32 Å². The van der Waals surface area contributed by atoms with Crippen LogP contribution in [0.4, 0.5) is 0 Å². The van der Waals surface area contributed by atoms with E-state index < -0.39 is 0 Å². The molecule has 1 atom stereocenters. The summed E-state index contributed by atoms with van der Waals surface area (Å²) in [6.07, 6.45) is 1.61. The van der Waals surface area contributed by atoms with Gasteiger partial charge in [0.25, 0.3) is 0 Å². The van der Waals surface area contributed by atoms with Gasteiger partial charge >= 0.3 is 0 Å². The standard InChI is InChI=1S/C26H28N2O2/c1-19(23-13-7-11-20-8-5-6-12-24(20)23)27-25(29)18-28-16-14-22(15-17-28)26(30)21-9-3-2-4-10-21/h2-13,19,22H,14-18H2,1H3,(H,27,29). The van der Waals surface area contributed by atoms with Crippen LogP contribution in [-0.4, -0.2) is 36.2 Å². The second-order valence-corrected chi connectivity index (χ2v) is 8.14. The fraction of sp³-hybridized carbons (Fsp3) is 0.308. The largest absolute Gasteiger partial charge is 0.348 e. The van der Waals surface area contributed by atoms with E-state index in [4.69, 9.17) is 0 Å². The molecule has 3 aromatic rings. The summed E-state index contributed by atoms with van der Waals surface area (Å²) in [6, 6.07) is 23.9. The molecule has 154 valence electrons. The molecule has 0 saturated carbocycles. The van der Waals surface area contributed by atoms with Crippen molar-refractivity contribution >= 4 is 22.5 Å². The fourth-order valence-electron chi connectivity index (χ4n) is 4.39. The van der Waals surface area contributed by atoms with E-state index in [1.54, 1.807) is 0 Å². The maximum atomic E-state index is 12.6. The topological polar surface area (TPSA) is 49.4 Å². The van der Waals surface area contributed by atoms with Gasteiger partial charge in [0.1, 0.15) is 0 Å². The van der Waals surface area contributed by atoms with Crippen LogP contribution in [0.1, 0.15) is 41.7 Å². The van der Waals surface area contributed by atoms with Gasteiger partial charge in [0.2, 0.25) is 5.91 Å². The highest BCUT2D eigenvalue weighted by Gasteiger charge is 2.26. The second-order valence-electron chi connectivity index (χ2n) is 8.14. The summed E-state index contributed by atoms with van der Waals surface area (Å²) >= 11 is 0. The van der Waals surface area contributed by atoms with Crippen molar-refractivity contribution in [1.29, 1.82) is 0 Å². The van der Waals surface area contributed by atoms with E-state index in [9.17, 15) is 9.59 Å². The number of nitrogens with zero attached hydrogens (tertiary/aromatic N) is 1. The second kappa shape index (κ2) is 9.23. The summed E-state index contributed by atoms with van der Waals surface area (Å²) in [4.78, 5) is 27.4. The monoisotopic (exact) mass is 400 g/mol. The Hall–Kier alpha value is -2.98. The zero-order valence-corrected chi connectivity index (χ0v) is 17.4. The Labute approximate surface area is 177 Å². The fourth-order valence-corrected chi connectivity index (χ4v) is 4.39. The van der Waals surface area contributed by atoms with Gasteiger partial charge in [-0.05, 0) is 49.2 Å². The summed E-state index contributed by atoms with van der Waals surface area (Å²) in [6.45, 7) is 3.96. The first kappa shape index (κ1) is 20.3. The molecular weight excluding hydrogens is 372 g/mol. The Morgan fingerprint density at radius 1 is 0.933 bits per heavy atom. The molecule has 1 N–H and O–H groups in total. The molecule has 4 heteroatoms. The third-order valence-electron chi connectivity index (χ3n) is 6.05. The van der Waals surface area contributed by atoms with E-state index in [1.807, 2.05) is 55.5 Å². The van der Waals surface area contributed by atoms with Crippen molar-refractivity contribution in [3.8, 4) is 0 Å². The summed E-state index contributed by atoms with van der Waals surface area (Å²) in [7, 11) is 0. The number of Topliss-reactive ketones (excluding diaryl/α,β-unsaturated/α-hetero) is 1. The van der Waals surface area contributed by atoms with E-state index in [1.165, 1.54) is 10.8 Å². The number of likely N-dealkylation sites (tertiary alicyclic amines) is 1. The minimum absolute atomic E-state index is 0.0308. The lowest BCUT2D eigenvalue weighted by Crippen LogP contribution is -2.43. The number of hydrogen-bond acceptors (Lipinski definition) is 3. The Balaban J connectivity index is 1.30. The molecule has 0 aliphatic carbocycles. The van der Waals surface area contributed by atoms with Crippen molar-refractivity contribution in [2.45, 2.75) is 25.8 Å². The van der Waals surface area contributed by atoms with E-state index in [0.29, 0.717) is 6.54 Å². The molecule has 0 aromatic heterocycles. The first-order chi connectivity index (χ1) is 14.6. The Morgan fingerprint density at radius 2 is 1.60 bits per heavy atom. The van der Waals surface area contributed by atoms with Crippen molar-refractivity contribution in [2.75, 3.05) is 19.6 Å². The molecule has 0 bridgehead atoms. The normalized spacial score (nSPS) is 16.3. The summed E-state index contributed by atoms with van der Waals surface area (Å²) in [5.41, 5.74) is 1.92. The quantitative estimate of drug-likeness (QED) is 0.615. The molecular formula is C26H28N2O2. The number of nitrogens with one attached hydrogen (secondary N) is 1. The number of amides is 1. The Morgan fingerprint density at radius 3 is 2.37 bits per heavy atom. The number of benzene rings is 3. The summed E-state index contributed by atoms with van der Waals surface area (Å²) in [5, 5.41) is 5.50. The highest BCUT2D eigenvalue weighted by atomic mass is 16.2. The van der Waals surface area contributed by atoms with Crippen LogP contribution in [0, 0.1) is 5.92 Å². The predicted molar refractivity (Wildman–Crippen MR) is 120 cm³/mol. The highest BCUT2D eigenvalue weighted by Crippen LogP contribution is 2.24. The maximum Gasteiger partial charge on any atom is 0.234 e. The molecule has 1 amide bonds. The molecule has 0 spiro atoms. The number of hydrogen-bond donors (Lipinski definition) is 1. The molecule has 4 nitrogen and oxygen atoms in total. The van der Waals surface area contributed by atoms with Crippen molar-refractivity contribution < 1.29 is 9.59 Å². The van der Waals surface area contributed by atoms with Crippen LogP contribution in [0.5, 0.6) is 0 Å². The maximum absolute atomic E-state index is 12.6. The van der Waals surface area contributed by atoms with E-state index in [0.717, 1.165) is 37.1 Å². The van der Waals surface area contributed by atoms with Gasteiger partial charge in [0, 0.05) is 11.5 Å². The third-order valence-corrected chi connectivity index (χ3v) is 6.05. The lowest BCUT2D eigenvalue weighted by Gasteiger charge is -2.31. The molecule has 1 fully saturated rings. The molecule has 1 unspecified atom stereocenters. The van der Waals surface area contributed by atoms with Crippen molar-refractivity contribution in [2.24, 2.45) is 5.92 Å². The van der Waals surface area contributed by atoms with Gasteiger partial charge in [-0.1, -0.05) is 72.8 Å². The lowest BCUT2D eigenvalue weighted by molar-refractivity contribution is -0.123. The highest BCUT2D eigenvalue weighted by molar-refractivity contribution is 5.97. The molecule has 4 rings (SSSR count). The summed E-state index contributed by atoms with van der Waals surface area (Å²) < 4.78 is 0. The number of piperidine rings is 1. The lowest BCUT2D eigenvalue weighted by atomic mass is 9.89. The van der Waals surface area contributed by atoms with Crippen LogP contribution >= 0.6 is 0 Å².